The molecule has 7 nitrogen and oxygen atoms in total. The van der Waals surface area contributed by atoms with Crippen LogP contribution in [0.5, 0.6) is 0 Å². The molecule has 0 aliphatic carbocycles. The number of rotatable bonds is 9. The average molecular weight is 480 g/mol. The topological polar surface area (TPSA) is 106 Å². The Balaban J connectivity index is 1.56. The molecule has 0 fully saturated rings. The maximum atomic E-state index is 12.0. The lowest BCUT2D eigenvalue weighted by Gasteiger charge is -2.13. The zero-order chi connectivity index (χ0) is 25.1. The third-order valence-electron chi connectivity index (χ3n) is 6.47. The number of carbonyl (C=O) groups is 1. The lowest BCUT2D eigenvalue weighted by atomic mass is 10.0. The second-order valence-corrected chi connectivity index (χ2v) is 8.96. The number of unbranched alkanes of at least 4 members (excludes halogenated alkanes) is 2. The number of hydrogen-bond acceptors (Lipinski definition) is 5. The van der Waals surface area contributed by atoms with Gasteiger partial charge in [-0.3, -0.25) is 9.78 Å². The predicted molar refractivity (Wildman–Crippen MR) is 144 cm³/mol. The fourth-order valence-corrected chi connectivity index (χ4v) is 4.68. The number of nitrogens with two attached hydrogens (primary N) is 1. The molecule has 3 heterocycles. The van der Waals surface area contributed by atoms with E-state index < -0.39 is 5.91 Å². The third-order valence-corrected chi connectivity index (χ3v) is 6.47. The van der Waals surface area contributed by atoms with Crippen LogP contribution in [0.15, 0.2) is 73.2 Å². The number of carbonyl (C=O) groups excluding carboxylic acids is 1. The molecule has 0 bridgehead atoms. The number of hydrogen-bond donors (Lipinski definition) is 3. The Morgan fingerprint density at radius 2 is 1.92 bits per heavy atom. The van der Waals surface area contributed by atoms with Crippen molar-refractivity contribution in [2.24, 2.45) is 5.73 Å². The van der Waals surface area contributed by atoms with Crippen LogP contribution in [0.25, 0.3) is 38.8 Å². The van der Waals surface area contributed by atoms with E-state index in [1.165, 1.54) is 0 Å². The molecule has 0 aliphatic heterocycles. The highest BCUT2D eigenvalue weighted by Gasteiger charge is 2.16. The molecular weight excluding hydrogens is 450 g/mol. The molecule has 0 aliphatic rings. The molecule has 1 amide bonds. The number of aliphatic hydroxyl groups is 1. The molecule has 182 valence electrons. The van der Waals surface area contributed by atoms with Gasteiger partial charge in [-0.1, -0.05) is 18.2 Å². The van der Waals surface area contributed by atoms with Gasteiger partial charge in [-0.15, -0.1) is 0 Å². The first-order valence-corrected chi connectivity index (χ1v) is 12.2. The van der Waals surface area contributed by atoms with E-state index in [0.29, 0.717) is 17.8 Å². The minimum absolute atomic E-state index is 0.187. The number of primary amides is 1. The largest absolute Gasteiger partial charge is 0.396 e. The second kappa shape index (κ2) is 10.2. The van der Waals surface area contributed by atoms with Crippen molar-refractivity contribution in [1.29, 1.82) is 0 Å². The summed E-state index contributed by atoms with van der Waals surface area (Å²) in [5.41, 5.74) is 12.7. The molecule has 0 spiro atoms. The zero-order valence-electron chi connectivity index (χ0n) is 20.2. The fourth-order valence-electron chi connectivity index (χ4n) is 4.68. The molecule has 5 rings (SSSR count). The average Bonchev–Trinajstić information content (AvgIpc) is 3.24. The maximum Gasteiger partial charge on any atom is 0.250 e. The second-order valence-electron chi connectivity index (χ2n) is 8.96. The summed E-state index contributed by atoms with van der Waals surface area (Å²) in [7, 11) is 0. The summed E-state index contributed by atoms with van der Waals surface area (Å²) in [4.78, 5) is 21.4. The third kappa shape index (κ3) is 4.53. The Bertz CT molecular complexity index is 1560. The van der Waals surface area contributed by atoms with Gasteiger partial charge in [0.2, 0.25) is 0 Å². The van der Waals surface area contributed by atoms with Crippen LogP contribution < -0.4 is 11.1 Å². The van der Waals surface area contributed by atoms with Crippen molar-refractivity contribution in [3.05, 3.63) is 84.3 Å². The van der Waals surface area contributed by atoms with Gasteiger partial charge in [-0.25, -0.2) is 4.98 Å². The van der Waals surface area contributed by atoms with Crippen molar-refractivity contribution in [2.45, 2.75) is 26.2 Å². The Kier molecular flexibility index (Phi) is 6.64. The highest BCUT2D eigenvalue weighted by Crippen LogP contribution is 2.34. The normalized spacial score (nSPS) is 11.3. The fraction of sp³-hybridized carbons (Fsp3) is 0.207. The first-order chi connectivity index (χ1) is 17.6. The molecule has 0 saturated carbocycles. The van der Waals surface area contributed by atoms with E-state index >= 15 is 0 Å². The molecule has 0 unspecified atom stereocenters. The van der Waals surface area contributed by atoms with E-state index in [-0.39, 0.29) is 6.61 Å². The van der Waals surface area contributed by atoms with Crippen LogP contribution in [-0.2, 0) is 0 Å². The van der Waals surface area contributed by atoms with Crippen molar-refractivity contribution in [3.63, 3.8) is 0 Å². The van der Waals surface area contributed by atoms with Gasteiger partial charge in [0.05, 0.1) is 11.1 Å². The first-order valence-electron chi connectivity index (χ1n) is 12.2. The SMILES string of the molecule is Cc1cn(-c2ccc(C(N)=O)c(NCCCCCO)c2)c2nccc(-c3cnc4ccccc4c3)c12. The number of aliphatic hydroxyl groups excluding tert-OH is 1. The van der Waals surface area contributed by atoms with E-state index in [2.05, 4.69) is 35.6 Å². The summed E-state index contributed by atoms with van der Waals surface area (Å²) in [6, 6.07) is 17.9. The van der Waals surface area contributed by atoms with Crippen molar-refractivity contribution in [2.75, 3.05) is 18.5 Å². The standard InChI is InChI=1S/C29H29N5O2/c1-19-18-34(22-9-10-24(28(30)36)26(16-22)31-12-5-2-6-14-35)29-27(19)23(11-13-32-29)21-15-20-7-3-4-8-25(20)33-17-21/h3-4,7-11,13,15-18,31,35H,2,5-6,12,14H2,1H3,(H2,30,36). The summed E-state index contributed by atoms with van der Waals surface area (Å²) in [5.74, 6) is -0.475. The lowest BCUT2D eigenvalue weighted by Crippen LogP contribution is -2.15. The van der Waals surface area contributed by atoms with Crippen LogP contribution in [0, 0.1) is 6.92 Å². The van der Waals surface area contributed by atoms with Crippen molar-refractivity contribution >= 4 is 33.5 Å². The van der Waals surface area contributed by atoms with Gasteiger partial charge in [-0.05, 0) is 73.7 Å². The minimum Gasteiger partial charge on any atom is -0.396 e. The number of pyridine rings is 2. The quantitative estimate of drug-likeness (QED) is 0.251. The van der Waals surface area contributed by atoms with Crippen molar-refractivity contribution in [1.82, 2.24) is 14.5 Å². The Morgan fingerprint density at radius 1 is 1.06 bits per heavy atom. The van der Waals surface area contributed by atoms with E-state index in [0.717, 1.165) is 63.6 Å². The maximum absolute atomic E-state index is 12.0. The molecule has 7 heteroatoms. The molecule has 2 aromatic carbocycles. The van der Waals surface area contributed by atoms with E-state index in [4.69, 9.17) is 15.8 Å². The number of benzene rings is 2. The van der Waals surface area contributed by atoms with Crippen LogP contribution in [0.3, 0.4) is 0 Å². The first kappa shape index (κ1) is 23.5. The van der Waals surface area contributed by atoms with Gasteiger partial charge in [0, 0.05) is 59.5 Å². The number of para-hydroxylation sites is 1. The van der Waals surface area contributed by atoms with Gasteiger partial charge in [0.1, 0.15) is 5.65 Å². The highest BCUT2D eigenvalue weighted by atomic mass is 16.2. The summed E-state index contributed by atoms with van der Waals surface area (Å²) >= 11 is 0. The molecule has 0 saturated heterocycles. The Morgan fingerprint density at radius 3 is 2.75 bits per heavy atom. The minimum atomic E-state index is -0.475. The van der Waals surface area contributed by atoms with Crippen molar-refractivity contribution < 1.29 is 9.90 Å². The molecule has 0 atom stereocenters. The molecule has 4 N–H and O–H groups in total. The summed E-state index contributed by atoms with van der Waals surface area (Å²) in [6.07, 6.45) is 8.36. The van der Waals surface area contributed by atoms with E-state index in [9.17, 15) is 4.79 Å². The monoisotopic (exact) mass is 479 g/mol. The number of nitrogens with zero attached hydrogens (tertiary/aromatic N) is 3. The van der Waals surface area contributed by atoms with E-state index in [1.54, 1.807) is 6.07 Å². The molecule has 3 aromatic heterocycles. The number of aromatic nitrogens is 3. The number of fused-ring (bicyclic) bond motifs is 2. The Labute approximate surface area is 209 Å². The van der Waals surface area contributed by atoms with Crippen molar-refractivity contribution in [3.8, 4) is 16.8 Å². The summed E-state index contributed by atoms with van der Waals surface area (Å²) < 4.78 is 2.05. The van der Waals surface area contributed by atoms with Gasteiger partial charge in [0.25, 0.3) is 5.91 Å². The Hall–Kier alpha value is -4.23. The van der Waals surface area contributed by atoms with Crippen LogP contribution in [0.4, 0.5) is 5.69 Å². The van der Waals surface area contributed by atoms with Crippen LogP contribution in [0.2, 0.25) is 0 Å². The van der Waals surface area contributed by atoms with Gasteiger partial charge in [0.15, 0.2) is 0 Å². The van der Waals surface area contributed by atoms with Crippen LogP contribution in [-0.4, -0.2) is 38.7 Å². The number of anilines is 1. The highest BCUT2D eigenvalue weighted by molar-refractivity contribution is 6.00. The van der Waals surface area contributed by atoms with Crippen LogP contribution >= 0.6 is 0 Å². The van der Waals surface area contributed by atoms with E-state index in [1.807, 2.05) is 53.4 Å². The number of nitrogens with one attached hydrogen (secondary N) is 1. The molecule has 36 heavy (non-hydrogen) atoms. The smallest absolute Gasteiger partial charge is 0.250 e. The van der Waals surface area contributed by atoms with Gasteiger partial charge < -0.3 is 20.7 Å². The van der Waals surface area contributed by atoms with Gasteiger partial charge >= 0.3 is 0 Å². The summed E-state index contributed by atoms with van der Waals surface area (Å²) in [6.45, 7) is 2.95. The number of amides is 1. The van der Waals surface area contributed by atoms with Crippen LogP contribution in [0.1, 0.15) is 35.2 Å². The molecular formula is C29H29N5O2. The molecule has 5 aromatic rings. The summed E-state index contributed by atoms with van der Waals surface area (Å²) in [5, 5.41) is 14.5. The zero-order valence-corrected chi connectivity index (χ0v) is 20.2. The molecule has 0 radical (unpaired) electrons. The number of aryl methyl sites for hydroxylation is 1. The lowest BCUT2D eigenvalue weighted by molar-refractivity contribution is 0.100. The van der Waals surface area contributed by atoms with Gasteiger partial charge in [-0.2, -0.15) is 0 Å². The predicted octanol–water partition coefficient (Wildman–Crippen LogP) is 5.22.